The number of aromatic amines is 1. The molecule has 0 spiro atoms. The number of nitrogens with one attached hydrogen (secondary N) is 1. The summed E-state index contributed by atoms with van der Waals surface area (Å²) < 4.78 is 65.3. The van der Waals surface area contributed by atoms with Gasteiger partial charge in [0.25, 0.3) is 5.91 Å². The SMILES string of the molecule is Nc1cc(S(F)(F)(F)(F)F)ccc1C(=O)N1CCC(c2ccnc3nc(C4CCCC4)[nH]c23)CC1. The molecule has 2 aliphatic rings. The van der Waals surface area contributed by atoms with Crippen LogP contribution in [0.1, 0.15) is 72.1 Å². The van der Waals surface area contributed by atoms with Gasteiger partial charge in [0.15, 0.2) is 5.65 Å². The first kappa shape index (κ1) is 23.8. The Morgan fingerprint density at radius 3 is 2.31 bits per heavy atom. The van der Waals surface area contributed by atoms with E-state index in [1.807, 2.05) is 6.07 Å². The first-order chi connectivity index (χ1) is 16.3. The van der Waals surface area contributed by atoms with Crippen molar-refractivity contribution >= 4 is 33.0 Å². The fourth-order valence-corrected chi connectivity index (χ4v) is 5.90. The number of piperidine rings is 1. The molecule has 1 amide bonds. The Labute approximate surface area is 198 Å². The first-order valence-electron chi connectivity index (χ1n) is 11.6. The third kappa shape index (κ3) is 4.67. The van der Waals surface area contributed by atoms with Gasteiger partial charge in [0.1, 0.15) is 10.7 Å². The predicted molar refractivity (Wildman–Crippen MR) is 125 cm³/mol. The van der Waals surface area contributed by atoms with Crippen molar-refractivity contribution in [3.63, 3.8) is 0 Å². The summed E-state index contributed by atoms with van der Waals surface area (Å²) in [5.74, 6) is 0.969. The van der Waals surface area contributed by atoms with Crippen LogP contribution in [0.3, 0.4) is 0 Å². The van der Waals surface area contributed by atoms with E-state index >= 15 is 0 Å². The zero-order valence-electron chi connectivity index (χ0n) is 18.8. The Kier molecular flexibility index (Phi) is 5.14. The zero-order valence-corrected chi connectivity index (χ0v) is 19.6. The zero-order chi connectivity index (χ0) is 25.1. The quantitative estimate of drug-likeness (QED) is 0.293. The molecule has 0 atom stereocenters. The van der Waals surface area contributed by atoms with Gasteiger partial charge in [-0.3, -0.25) is 4.79 Å². The summed E-state index contributed by atoms with van der Waals surface area (Å²) in [7, 11) is -9.87. The maximum atomic E-state index is 13.1. The summed E-state index contributed by atoms with van der Waals surface area (Å²) >= 11 is 0. The molecule has 35 heavy (non-hydrogen) atoms. The molecule has 12 heteroatoms. The van der Waals surface area contributed by atoms with Crippen LogP contribution in [0.5, 0.6) is 0 Å². The number of rotatable bonds is 4. The van der Waals surface area contributed by atoms with E-state index in [1.54, 1.807) is 6.20 Å². The average Bonchev–Trinajstić information content (AvgIpc) is 3.47. The van der Waals surface area contributed by atoms with Gasteiger partial charge in [0.05, 0.1) is 11.1 Å². The number of nitrogens with two attached hydrogens (primary N) is 1. The van der Waals surface area contributed by atoms with E-state index in [-0.39, 0.29) is 23.6 Å². The number of H-pyrrole nitrogens is 1. The number of pyridine rings is 1. The van der Waals surface area contributed by atoms with E-state index < -0.39 is 26.7 Å². The van der Waals surface area contributed by atoms with Gasteiger partial charge < -0.3 is 15.6 Å². The van der Waals surface area contributed by atoms with Crippen LogP contribution >= 0.6 is 10.2 Å². The molecule has 1 saturated carbocycles. The number of hydrogen-bond acceptors (Lipinski definition) is 4. The van der Waals surface area contributed by atoms with Crippen molar-refractivity contribution < 1.29 is 24.2 Å². The molecule has 1 aliphatic carbocycles. The lowest BCUT2D eigenvalue weighted by molar-refractivity contribution is 0.0714. The minimum Gasteiger partial charge on any atom is -0.398 e. The maximum absolute atomic E-state index is 13.1. The molecule has 6 nitrogen and oxygen atoms in total. The van der Waals surface area contributed by atoms with Crippen molar-refractivity contribution in [1.82, 2.24) is 19.9 Å². The number of nitrogens with zero attached hydrogens (tertiary/aromatic N) is 3. The van der Waals surface area contributed by atoms with Crippen LogP contribution in [-0.4, -0.2) is 38.8 Å². The van der Waals surface area contributed by atoms with Crippen molar-refractivity contribution in [1.29, 1.82) is 0 Å². The lowest BCUT2D eigenvalue weighted by atomic mass is 9.89. The largest absolute Gasteiger partial charge is 0.398 e. The summed E-state index contributed by atoms with van der Waals surface area (Å²) in [6.07, 6.45) is 7.61. The molecule has 1 saturated heterocycles. The molecule has 5 rings (SSSR count). The molecule has 1 aromatic carbocycles. The highest BCUT2D eigenvalue weighted by molar-refractivity contribution is 8.45. The van der Waals surface area contributed by atoms with E-state index in [0.717, 1.165) is 35.8 Å². The van der Waals surface area contributed by atoms with Gasteiger partial charge >= 0.3 is 10.2 Å². The fraction of sp³-hybridized carbons (Fsp3) is 0.435. The van der Waals surface area contributed by atoms with E-state index in [2.05, 4.69) is 9.97 Å². The highest BCUT2D eigenvalue weighted by Gasteiger charge is 2.65. The van der Waals surface area contributed by atoms with Crippen molar-refractivity contribution in [3.05, 3.63) is 47.4 Å². The minimum absolute atomic E-state index is 0.147. The van der Waals surface area contributed by atoms with E-state index in [4.69, 9.17) is 10.7 Å². The molecule has 3 aromatic rings. The van der Waals surface area contributed by atoms with Crippen LogP contribution < -0.4 is 5.73 Å². The summed E-state index contributed by atoms with van der Waals surface area (Å²) in [6.45, 7) is 0.722. The molecule has 2 fully saturated rings. The molecule has 2 aromatic heterocycles. The number of aromatic nitrogens is 3. The van der Waals surface area contributed by atoms with E-state index in [0.29, 0.717) is 37.5 Å². The van der Waals surface area contributed by atoms with E-state index in [1.165, 1.54) is 17.7 Å². The standard InChI is InChI=1S/C23H26F5N5OS/c24-35(25,26,27,28)16-5-6-18(19(29)13-16)23(34)33-11-8-14(9-12-33)17-7-10-30-22-20(17)31-21(32-22)15-3-1-2-4-15/h5-7,10,13-15H,1-4,8-9,11-12,29H2,(H,30,31,32). The van der Waals surface area contributed by atoms with Gasteiger partial charge in [-0.2, -0.15) is 0 Å². The van der Waals surface area contributed by atoms with Crippen LogP contribution in [0.4, 0.5) is 25.1 Å². The molecular weight excluding hydrogens is 489 g/mol. The van der Waals surface area contributed by atoms with Gasteiger partial charge in [-0.15, -0.1) is 0 Å². The lowest BCUT2D eigenvalue weighted by Gasteiger charge is -2.40. The second-order valence-corrected chi connectivity index (χ2v) is 11.9. The highest BCUT2D eigenvalue weighted by Crippen LogP contribution is 3.02. The summed E-state index contributed by atoms with van der Waals surface area (Å²) in [5.41, 5.74) is 7.44. The predicted octanol–water partition coefficient (Wildman–Crippen LogP) is 6.87. The number of anilines is 1. The van der Waals surface area contributed by atoms with Crippen LogP contribution in [-0.2, 0) is 0 Å². The Balaban J connectivity index is 1.31. The number of likely N-dealkylation sites (tertiary alicyclic amines) is 1. The Morgan fingerprint density at radius 2 is 1.69 bits per heavy atom. The van der Waals surface area contributed by atoms with Crippen LogP contribution in [0.15, 0.2) is 35.4 Å². The Hall–Kier alpha value is -2.89. The Morgan fingerprint density at radius 1 is 1.00 bits per heavy atom. The number of halogens is 5. The average molecular weight is 516 g/mol. The molecule has 0 bridgehead atoms. The number of nitrogen functional groups attached to an aromatic ring is 1. The van der Waals surface area contributed by atoms with Gasteiger partial charge in [0, 0.05) is 30.9 Å². The third-order valence-electron chi connectivity index (χ3n) is 7.11. The molecule has 0 unspecified atom stereocenters. The van der Waals surface area contributed by atoms with Gasteiger partial charge in [-0.25, -0.2) is 9.97 Å². The molecular formula is C23H26F5N5OS. The van der Waals surface area contributed by atoms with Crippen molar-refractivity contribution in [2.45, 2.75) is 55.3 Å². The van der Waals surface area contributed by atoms with Crippen molar-refractivity contribution in [2.75, 3.05) is 18.8 Å². The van der Waals surface area contributed by atoms with Crippen molar-refractivity contribution in [3.8, 4) is 0 Å². The van der Waals surface area contributed by atoms with E-state index in [9.17, 15) is 24.2 Å². The van der Waals surface area contributed by atoms with Gasteiger partial charge in [-0.05, 0) is 61.4 Å². The third-order valence-corrected chi connectivity index (χ3v) is 8.25. The van der Waals surface area contributed by atoms with Crippen LogP contribution in [0.25, 0.3) is 11.2 Å². The number of hydrogen-bond donors (Lipinski definition) is 2. The lowest BCUT2D eigenvalue weighted by Crippen LogP contribution is -2.38. The number of fused-ring (bicyclic) bond motifs is 1. The first-order valence-corrected chi connectivity index (χ1v) is 13.5. The van der Waals surface area contributed by atoms with Gasteiger partial charge in [0.2, 0.25) is 0 Å². The number of benzene rings is 1. The van der Waals surface area contributed by atoms with Crippen molar-refractivity contribution in [2.24, 2.45) is 0 Å². The normalized spacial score (nSPS) is 20.2. The second-order valence-electron chi connectivity index (χ2n) is 9.49. The molecule has 3 heterocycles. The van der Waals surface area contributed by atoms with Gasteiger partial charge in [-0.1, -0.05) is 32.3 Å². The minimum atomic E-state index is -9.87. The summed E-state index contributed by atoms with van der Waals surface area (Å²) in [5, 5.41) is 0. The molecule has 1 aliphatic heterocycles. The topological polar surface area (TPSA) is 87.9 Å². The molecule has 190 valence electrons. The second kappa shape index (κ2) is 7.55. The number of carbonyl (C=O) groups excluding carboxylic acids is 1. The molecule has 3 N–H and O–H groups in total. The summed E-state index contributed by atoms with van der Waals surface area (Å²) in [6, 6.07) is 3.07. The monoisotopic (exact) mass is 515 g/mol. The number of imidazole rings is 1. The Bertz CT molecular complexity index is 1300. The van der Waals surface area contributed by atoms with Crippen LogP contribution in [0, 0.1) is 0 Å². The highest BCUT2D eigenvalue weighted by atomic mass is 32.5. The fourth-order valence-electron chi connectivity index (χ4n) is 5.22. The summed E-state index contributed by atoms with van der Waals surface area (Å²) in [4.78, 5) is 24.9. The van der Waals surface area contributed by atoms with Crippen LogP contribution in [0.2, 0.25) is 0 Å². The number of carbonyl (C=O) groups is 1. The molecule has 0 radical (unpaired) electrons. The smallest absolute Gasteiger partial charge is 0.310 e. The number of amides is 1. The maximum Gasteiger partial charge on any atom is 0.310 e.